The van der Waals surface area contributed by atoms with Gasteiger partial charge >= 0.3 is 0 Å². The van der Waals surface area contributed by atoms with Crippen molar-refractivity contribution in [2.45, 2.75) is 18.1 Å². The number of nitrogens with one attached hydrogen (secondary N) is 1. The fraction of sp³-hybridized carbons (Fsp3) is 0.500. The van der Waals surface area contributed by atoms with Gasteiger partial charge in [0.05, 0.1) is 12.1 Å². The molecule has 1 saturated heterocycles. The van der Waals surface area contributed by atoms with Gasteiger partial charge in [0.2, 0.25) is 0 Å². The summed E-state index contributed by atoms with van der Waals surface area (Å²) in [6.45, 7) is 1.80. The first-order chi connectivity index (χ1) is 7.25. The summed E-state index contributed by atoms with van der Waals surface area (Å²) in [6, 6.07) is 8.58. The minimum absolute atomic E-state index is 0.207. The topological polar surface area (TPSA) is 35.5 Å². The molecule has 0 amide bonds. The number of anilines is 1. The van der Waals surface area contributed by atoms with Crippen LogP contribution in [0.4, 0.5) is 5.69 Å². The maximum Gasteiger partial charge on any atom is 0.0874 e. The Kier molecular flexibility index (Phi) is 1.97. The lowest BCUT2D eigenvalue weighted by molar-refractivity contribution is 0.0641. The number of nitrogens with zero attached hydrogens (tertiary/aromatic N) is 1. The normalized spacial score (nSPS) is 34.4. The average Bonchev–Trinajstić information content (AvgIpc) is 2.57. The summed E-state index contributed by atoms with van der Waals surface area (Å²) in [5.74, 6) is 0.440. The van der Waals surface area contributed by atoms with Gasteiger partial charge in [-0.2, -0.15) is 0 Å². The van der Waals surface area contributed by atoms with Gasteiger partial charge in [-0.3, -0.25) is 0 Å². The van der Waals surface area contributed by atoms with E-state index >= 15 is 0 Å². The van der Waals surface area contributed by atoms with Gasteiger partial charge in [0, 0.05) is 24.7 Å². The highest BCUT2D eigenvalue weighted by atomic mass is 16.3. The Balaban J connectivity index is 1.98. The van der Waals surface area contributed by atoms with Crippen LogP contribution in [-0.2, 0) is 0 Å². The van der Waals surface area contributed by atoms with E-state index in [4.69, 9.17) is 0 Å². The van der Waals surface area contributed by atoms with Crippen molar-refractivity contribution in [3.63, 3.8) is 0 Å². The Morgan fingerprint density at radius 3 is 3.00 bits per heavy atom. The molecular weight excluding hydrogens is 188 g/mol. The van der Waals surface area contributed by atoms with Crippen molar-refractivity contribution in [1.29, 1.82) is 0 Å². The van der Waals surface area contributed by atoms with Crippen molar-refractivity contribution in [3.05, 3.63) is 29.8 Å². The number of para-hydroxylation sites is 1. The summed E-state index contributed by atoms with van der Waals surface area (Å²) in [7, 11) is 2.07. The number of rotatable bonds is 0. The van der Waals surface area contributed by atoms with Crippen LogP contribution in [0, 0.1) is 0 Å². The van der Waals surface area contributed by atoms with Crippen molar-refractivity contribution in [2.75, 3.05) is 25.5 Å². The molecule has 1 aromatic rings. The number of aliphatic hydroxyl groups is 1. The first-order valence-electron chi connectivity index (χ1n) is 5.48. The molecule has 3 atom stereocenters. The summed E-state index contributed by atoms with van der Waals surface area (Å²) in [4.78, 5) is 2.20. The lowest BCUT2D eigenvalue weighted by atomic mass is 9.88. The number of likely N-dealkylation sites (N-methyl/N-ethyl adjacent to an activating group) is 1. The molecular formula is C12H16N2O. The molecule has 2 N–H and O–H groups in total. The molecule has 3 rings (SSSR count). The van der Waals surface area contributed by atoms with Crippen LogP contribution < -0.4 is 5.32 Å². The van der Waals surface area contributed by atoms with Crippen LogP contribution in [0.2, 0.25) is 0 Å². The second kappa shape index (κ2) is 3.22. The average molecular weight is 204 g/mol. The van der Waals surface area contributed by atoms with E-state index in [1.807, 2.05) is 6.07 Å². The molecule has 1 aromatic carbocycles. The molecule has 2 aliphatic heterocycles. The van der Waals surface area contributed by atoms with Crippen molar-refractivity contribution in [2.24, 2.45) is 0 Å². The minimum Gasteiger partial charge on any atom is -0.390 e. The number of likely N-dealkylation sites (tertiary alicyclic amines) is 1. The maximum atomic E-state index is 10.0. The van der Waals surface area contributed by atoms with Crippen molar-refractivity contribution < 1.29 is 5.11 Å². The Morgan fingerprint density at radius 2 is 2.13 bits per heavy atom. The summed E-state index contributed by atoms with van der Waals surface area (Å²) < 4.78 is 0. The third-order valence-corrected chi connectivity index (χ3v) is 3.54. The molecule has 80 valence electrons. The van der Waals surface area contributed by atoms with Gasteiger partial charge in [-0.05, 0) is 18.7 Å². The molecule has 2 heterocycles. The smallest absolute Gasteiger partial charge is 0.0874 e. The van der Waals surface area contributed by atoms with E-state index in [-0.39, 0.29) is 12.1 Å². The first-order valence-corrected chi connectivity index (χ1v) is 5.48. The largest absolute Gasteiger partial charge is 0.390 e. The van der Waals surface area contributed by atoms with Crippen molar-refractivity contribution in [3.8, 4) is 0 Å². The molecule has 1 fully saturated rings. The van der Waals surface area contributed by atoms with Crippen LogP contribution in [0.25, 0.3) is 0 Å². The van der Waals surface area contributed by atoms with Gasteiger partial charge in [0.25, 0.3) is 0 Å². The van der Waals surface area contributed by atoms with Crippen LogP contribution in [0.15, 0.2) is 24.3 Å². The molecule has 0 saturated carbocycles. The van der Waals surface area contributed by atoms with E-state index in [0.717, 1.165) is 13.1 Å². The highest BCUT2D eigenvalue weighted by Gasteiger charge is 2.40. The molecule has 0 bridgehead atoms. The molecule has 15 heavy (non-hydrogen) atoms. The lowest BCUT2D eigenvalue weighted by Crippen LogP contribution is -2.50. The standard InChI is InChI=1S/C12H16N2O/c1-14-6-9-8-4-2-3-5-10(8)13-12(9)11(15)7-14/h2-5,9,11-13,15H,6-7H2,1H3/t9-,11-,12-/m0/s1. The number of hydrogen-bond acceptors (Lipinski definition) is 3. The summed E-state index contributed by atoms with van der Waals surface area (Å²) in [6.07, 6.45) is -0.263. The van der Waals surface area contributed by atoms with E-state index in [1.54, 1.807) is 0 Å². The van der Waals surface area contributed by atoms with Crippen molar-refractivity contribution in [1.82, 2.24) is 4.90 Å². The number of hydrogen-bond donors (Lipinski definition) is 2. The van der Waals surface area contributed by atoms with Gasteiger partial charge in [-0.15, -0.1) is 0 Å². The number of aliphatic hydroxyl groups excluding tert-OH is 1. The molecule has 0 aromatic heterocycles. The van der Waals surface area contributed by atoms with Crippen LogP contribution in [0.3, 0.4) is 0 Å². The molecule has 0 spiro atoms. The van der Waals surface area contributed by atoms with Crippen molar-refractivity contribution >= 4 is 5.69 Å². The highest BCUT2D eigenvalue weighted by Crippen LogP contribution is 2.39. The Hall–Kier alpha value is -1.06. The van der Waals surface area contributed by atoms with Crippen LogP contribution in [-0.4, -0.2) is 42.3 Å². The molecule has 3 heteroatoms. The van der Waals surface area contributed by atoms with Gasteiger partial charge in [0.15, 0.2) is 0 Å². The maximum absolute atomic E-state index is 10.0. The minimum atomic E-state index is -0.263. The summed E-state index contributed by atoms with van der Waals surface area (Å²) >= 11 is 0. The Labute approximate surface area is 89.7 Å². The first kappa shape index (κ1) is 9.19. The quantitative estimate of drug-likeness (QED) is 0.658. The monoisotopic (exact) mass is 204 g/mol. The zero-order chi connectivity index (χ0) is 10.4. The van der Waals surface area contributed by atoms with E-state index in [9.17, 15) is 5.11 Å². The van der Waals surface area contributed by atoms with Crippen LogP contribution in [0.1, 0.15) is 11.5 Å². The van der Waals surface area contributed by atoms with Crippen LogP contribution >= 0.6 is 0 Å². The lowest BCUT2D eigenvalue weighted by Gasteiger charge is -2.36. The Bertz CT molecular complexity index is 380. The number of β-amino-alcohol motifs (C(OH)–C–C–N with tert-alkyl or cyclic N) is 1. The second-order valence-electron chi connectivity index (χ2n) is 4.65. The molecule has 0 aliphatic carbocycles. The Morgan fingerprint density at radius 1 is 1.33 bits per heavy atom. The number of fused-ring (bicyclic) bond motifs is 3. The predicted octanol–water partition coefficient (Wildman–Crippen LogP) is 0.871. The number of piperidine rings is 1. The zero-order valence-corrected chi connectivity index (χ0v) is 8.85. The highest BCUT2D eigenvalue weighted by molar-refractivity contribution is 5.60. The third-order valence-electron chi connectivity index (χ3n) is 3.54. The molecule has 3 nitrogen and oxygen atoms in total. The number of benzene rings is 1. The van der Waals surface area contributed by atoms with Crippen LogP contribution in [0.5, 0.6) is 0 Å². The van der Waals surface area contributed by atoms with E-state index in [1.165, 1.54) is 11.3 Å². The third kappa shape index (κ3) is 1.34. The van der Waals surface area contributed by atoms with Gasteiger partial charge in [-0.25, -0.2) is 0 Å². The second-order valence-corrected chi connectivity index (χ2v) is 4.65. The van der Waals surface area contributed by atoms with Gasteiger partial charge in [0.1, 0.15) is 0 Å². The zero-order valence-electron chi connectivity index (χ0n) is 8.85. The molecule has 0 radical (unpaired) electrons. The summed E-state index contributed by atoms with van der Waals surface area (Å²) in [5, 5.41) is 13.4. The SMILES string of the molecule is CN1C[C@H](O)[C@H]2Nc3ccccc3[C@@H]2C1. The van der Waals surface area contributed by atoms with E-state index in [0.29, 0.717) is 5.92 Å². The fourth-order valence-electron chi connectivity index (χ4n) is 2.84. The predicted molar refractivity (Wildman–Crippen MR) is 60.1 cm³/mol. The fourth-order valence-corrected chi connectivity index (χ4v) is 2.84. The molecule has 0 unspecified atom stereocenters. The van der Waals surface area contributed by atoms with E-state index < -0.39 is 0 Å². The van der Waals surface area contributed by atoms with Gasteiger partial charge < -0.3 is 15.3 Å². The molecule has 2 aliphatic rings. The van der Waals surface area contributed by atoms with E-state index in [2.05, 4.69) is 35.5 Å². The summed E-state index contributed by atoms with van der Waals surface area (Å²) in [5.41, 5.74) is 2.55. The van der Waals surface area contributed by atoms with Gasteiger partial charge in [-0.1, -0.05) is 18.2 Å².